The summed E-state index contributed by atoms with van der Waals surface area (Å²) in [5.74, 6) is -0.488. The van der Waals surface area contributed by atoms with Crippen LogP contribution in [-0.2, 0) is 25.3 Å². The number of carbonyl (C=O) groups is 1. The van der Waals surface area contributed by atoms with Crippen molar-refractivity contribution in [2.45, 2.75) is 31.6 Å². The second-order valence-electron chi connectivity index (χ2n) is 6.49. The van der Waals surface area contributed by atoms with Gasteiger partial charge in [-0.3, -0.25) is 4.79 Å². The highest BCUT2D eigenvalue weighted by atomic mass is 35.5. The van der Waals surface area contributed by atoms with Crippen LogP contribution in [0.25, 0.3) is 0 Å². The van der Waals surface area contributed by atoms with Crippen molar-refractivity contribution in [1.82, 2.24) is 9.62 Å². The molecule has 0 bridgehead atoms. The van der Waals surface area contributed by atoms with Gasteiger partial charge in [-0.25, -0.2) is 12.7 Å². The molecule has 0 unspecified atom stereocenters. The van der Waals surface area contributed by atoms with E-state index >= 15 is 0 Å². The molecule has 0 saturated carbocycles. The van der Waals surface area contributed by atoms with E-state index < -0.39 is 10.0 Å². The number of nitrogens with zero attached hydrogens (tertiary/aromatic N) is 1. The lowest BCUT2D eigenvalue weighted by Crippen LogP contribution is -2.45. The largest absolute Gasteiger partial charge is 0.383 e. The van der Waals surface area contributed by atoms with Gasteiger partial charge in [0.1, 0.15) is 0 Å². The Morgan fingerprint density at radius 3 is 2.42 bits per heavy atom. The quantitative estimate of drug-likeness (QED) is 0.732. The molecule has 1 aliphatic rings. The van der Waals surface area contributed by atoms with Gasteiger partial charge in [0, 0.05) is 47.8 Å². The molecule has 1 aliphatic heterocycles. The Morgan fingerprint density at radius 2 is 1.88 bits per heavy atom. The summed E-state index contributed by atoms with van der Waals surface area (Å²) in [7, 11) is -1.97. The van der Waals surface area contributed by atoms with Crippen molar-refractivity contribution in [1.29, 1.82) is 0 Å². The fraction of sp³-hybridized carbons (Fsp3) is 0.588. The SMILES string of the molecule is COC[C@H](C)NC(=O)C1CCN(S(=O)(=O)Cc2c(Cl)cccc2Cl)CC1. The number of amides is 1. The van der Waals surface area contributed by atoms with Crippen LogP contribution < -0.4 is 5.32 Å². The highest BCUT2D eigenvalue weighted by Crippen LogP contribution is 2.28. The maximum absolute atomic E-state index is 12.7. The summed E-state index contributed by atoms with van der Waals surface area (Å²) in [6.07, 6.45) is 0.974. The van der Waals surface area contributed by atoms with Crippen molar-refractivity contribution in [2.75, 3.05) is 26.8 Å². The smallest absolute Gasteiger partial charge is 0.223 e. The second-order valence-corrected chi connectivity index (χ2v) is 9.28. The van der Waals surface area contributed by atoms with E-state index in [2.05, 4.69) is 5.32 Å². The number of nitrogens with one attached hydrogen (secondary N) is 1. The van der Waals surface area contributed by atoms with Gasteiger partial charge >= 0.3 is 0 Å². The first kappa shape index (κ1) is 21.4. The summed E-state index contributed by atoms with van der Waals surface area (Å²) in [6.45, 7) is 2.92. The monoisotopic (exact) mass is 422 g/mol. The second kappa shape index (κ2) is 9.37. The minimum Gasteiger partial charge on any atom is -0.383 e. The molecule has 0 spiro atoms. The third-order valence-corrected chi connectivity index (χ3v) is 6.93. The number of carbonyl (C=O) groups excluding carboxylic acids is 1. The molecule has 1 heterocycles. The molecule has 1 fully saturated rings. The lowest BCUT2D eigenvalue weighted by Gasteiger charge is -2.31. The fourth-order valence-electron chi connectivity index (χ4n) is 2.99. The maximum Gasteiger partial charge on any atom is 0.223 e. The van der Waals surface area contributed by atoms with E-state index in [1.807, 2.05) is 6.92 Å². The van der Waals surface area contributed by atoms with Crippen LogP contribution in [0.15, 0.2) is 18.2 Å². The molecule has 1 atom stereocenters. The number of piperidine rings is 1. The standard InChI is InChI=1S/C17H24Cl2N2O4S/c1-12(10-25-2)20-17(22)13-6-8-21(9-7-13)26(23,24)11-14-15(18)4-3-5-16(14)19/h3-5,12-13H,6-11H2,1-2H3,(H,20,22)/t12-/m0/s1. The molecule has 1 N–H and O–H groups in total. The molecule has 0 radical (unpaired) electrons. The average Bonchev–Trinajstić information content (AvgIpc) is 2.58. The molecule has 9 heteroatoms. The third kappa shape index (κ3) is 5.57. The zero-order valence-electron chi connectivity index (χ0n) is 14.9. The van der Waals surface area contributed by atoms with E-state index in [1.165, 1.54) is 4.31 Å². The molecular formula is C17H24Cl2N2O4S. The van der Waals surface area contributed by atoms with Crippen LogP contribution in [0.5, 0.6) is 0 Å². The number of rotatable bonds is 7. The van der Waals surface area contributed by atoms with Gasteiger partial charge in [0.25, 0.3) is 0 Å². The van der Waals surface area contributed by atoms with Gasteiger partial charge in [0.2, 0.25) is 15.9 Å². The van der Waals surface area contributed by atoms with Crippen LogP contribution in [0.4, 0.5) is 0 Å². The Balaban J connectivity index is 1.95. The summed E-state index contributed by atoms with van der Waals surface area (Å²) >= 11 is 12.2. The van der Waals surface area contributed by atoms with E-state index in [0.717, 1.165) is 0 Å². The molecule has 26 heavy (non-hydrogen) atoms. The van der Waals surface area contributed by atoms with Gasteiger partial charge < -0.3 is 10.1 Å². The Kier molecular flexibility index (Phi) is 7.73. The maximum atomic E-state index is 12.7. The highest BCUT2D eigenvalue weighted by molar-refractivity contribution is 7.88. The predicted octanol–water partition coefficient (Wildman–Crippen LogP) is 2.69. The zero-order valence-corrected chi connectivity index (χ0v) is 17.2. The van der Waals surface area contributed by atoms with Crippen LogP contribution in [0.1, 0.15) is 25.3 Å². The van der Waals surface area contributed by atoms with Gasteiger partial charge in [-0.05, 0) is 31.9 Å². The lowest BCUT2D eigenvalue weighted by molar-refractivity contribution is -0.127. The number of sulfonamides is 1. The minimum absolute atomic E-state index is 0.0549. The van der Waals surface area contributed by atoms with Crippen molar-refractivity contribution >= 4 is 39.1 Å². The van der Waals surface area contributed by atoms with Crippen molar-refractivity contribution < 1.29 is 17.9 Å². The molecule has 0 aliphatic carbocycles. The van der Waals surface area contributed by atoms with E-state index in [9.17, 15) is 13.2 Å². The fourth-order valence-corrected chi connectivity index (χ4v) is 5.31. The van der Waals surface area contributed by atoms with Gasteiger partial charge in [0.15, 0.2) is 0 Å². The molecule has 1 amide bonds. The Bertz CT molecular complexity index is 714. The number of methoxy groups -OCH3 is 1. The first-order valence-corrected chi connectivity index (χ1v) is 10.8. The molecular weight excluding hydrogens is 399 g/mol. The van der Waals surface area contributed by atoms with Gasteiger partial charge in [0.05, 0.1) is 12.4 Å². The van der Waals surface area contributed by atoms with E-state index in [4.69, 9.17) is 27.9 Å². The first-order valence-electron chi connectivity index (χ1n) is 8.44. The Morgan fingerprint density at radius 1 is 1.31 bits per heavy atom. The molecule has 0 aromatic heterocycles. The minimum atomic E-state index is -3.55. The molecule has 1 aromatic rings. The number of ether oxygens (including phenoxy) is 1. The number of hydrogen-bond acceptors (Lipinski definition) is 4. The number of benzene rings is 1. The first-order chi connectivity index (χ1) is 12.2. The molecule has 146 valence electrons. The number of hydrogen-bond donors (Lipinski definition) is 1. The van der Waals surface area contributed by atoms with Gasteiger partial charge in [-0.1, -0.05) is 29.3 Å². The normalized spacial score (nSPS) is 17.8. The van der Waals surface area contributed by atoms with Crippen LogP contribution in [0.3, 0.4) is 0 Å². The van der Waals surface area contributed by atoms with E-state index in [1.54, 1.807) is 25.3 Å². The van der Waals surface area contributed by atoms with Gasteiger partial charge in [-0.2, -0.15) is 0 Å². The molecule has 2 rings (SSSR count). The predicted molar refractivity (Wildman–Crippen MR) is 103 cm³/mol. The molecule has 6 nitrogen and oxygen atoms in total. The van der Waals surface area contributed by atoms with Crippen LogP contribution in [0, 0.1) is 5.92 Å². The zero-order chi connectivity index (χ0) is 19.3. The van der Waals surface area contributed by atoms with Crippen molar-refractivity contribution in [2.24, 2.45) is 5.92 Å². The molecule has 1 aromatic carbocycles. The van der Waals surface area contributed by atoms with Crippen LogP contribution >= 0.6 is 23.2 Å². The van der Waals surface area contributed by atoms with Crippen molar-refractivity contribution in [3.8, 4) is 0 Å². The van der Waals surface area contributed by atoms with Gasteiger partial charge in [-0.15, -0.1) is 0 Å². The average molecular weight is 423 g/mol. The highest BCUT2D eigenvalue weighted by Gasteiger charge is 2.32. The van der Waals surface area contributed by atoms with E-state index in [-0.39, 0.29) is 23.6 Å². The summed E-state index contributed by atoms with van der Waals surface area (Å²) in [6, 6.07) is 4.85. The van der Waals surface area contributed by atoms with Crippen LogP contribution in [0.2, 0.25) is 10.0 Å². The summed E-state index contributed by atoms with van der Waals surface area (Å²) in [4.78, 5) is 12.3. The third-order valence-electron chi connectivity index (χ3n) is 4.41. The lowest BCUT2D eigenvalue weighted by atomic mass is 9.97. The van der Waals surface area contributed by atoms with E-state index in [0.29, 0.717) is 48.1 Å². The molecule has 1 saturated heterocycles. The summed E-state index contributed by atoms with van der Waals surface area (Å²) in [5.41, 5.74) is 0.407. The number of halogens is 2. The Hall–Kier alpha value is -0.860. The van der Waals surface area contributed by atoms with Crippen molar-refractivity contribution in [3.05, 3.63) is 33.8 Å². The topological polar surface area (TPSA) is 75.7 Å². The summed E-state index contributed by atoms with van der Waals surface area (Å²) < 4.78 is 31.8. The van der Waals surface area contributed by atoms with Crippen LogP contribution in [-0.4, -0.2) is 51.5 Å². The van der Waals surface area contributed by atoms with Crippen molar-refractivity contribution in [3.63, 3.8) is 0 Å². The Labute approximate surface area is 164 Å². The summed E-state index contributed by atoms with van der Waals surface area (Å²) in [5, 5.41) is 3.56.